The monoisotopic (exact) mass is 574 g/mol. The molecule has 4 heterocycles. The first-order valence-corrected chi connectivity index (χ1v) is 15.3. The molecular weight excluding hydrogens is 547 g/mol. The fourth-order valence-corrected chi connectivity index (χ4v) is 7.03. The lowest BCUT2D eigenvalue weighted by Crippen LogP contribution is -2.57. The van der Waals surface area contributed by atoms with Crippen molar-refractivity contribution in [3.8, 4) is 17.1 Å². The van der Waals surface area contributed by atoms with Crippen molar-refractivity contribution in [2.75, 3.05) is 4.90 Å². The molecule has 0 fully saturated rings. The summed E-state index contributed by atoms with van der Waals surface area (Å²) < 4.78 is 2.30. The number of aromatic nitrogens is 3. The summed E-state index contributed by atoms with van der Waals surface area (Å²) >= 11 is 0. The molecule has 1 aliphatic rings. The van der Waals surface area contributed by atoms with E-state index in [0.717, 1.165) is 33.8 Å². The van der Waals surface area contributed by atoms with Crippen molar-refractivity contribution in [3.63, 3.8) is 0 Å². The highest BCUT2D eigenvalue weighted by molar-refractivity contribution is 6.98. The van der Waals surface area contributed by atoms with Gasteiger partial charge in [0.1, 0.15) is 5.82 Å². The van der Waals surface area contributed by atoms with Gasteiger partial charge >= 0.3 is 0 Å². The van der Waals surface area contributed by atoms with Gasteiger partial charge in [0.2, 0.25) is 6.71 Å². The molecule has 1 aliphatic heterocycles. The summed E-state index contributed by atoms with van der Waals surface area (Å²) in [5.41, 5.74) is 11.6. The Morgan fingerprint density at radius 2 is 1.22 bits per heavy atom. The maximum atomic E-state index is 4.77. The Labute approximate surface area is 262 Å². The van der Waals surface area contributed by atoms with E-state index in [2.05, 4.69) is 149 Å². The summed E-state index contributed by atoms with van der Waals surface area (Å²) in [5, 5.41) is 2.44. The van der Waals surface area contributed by atoms with Crippen LogP contribution in [0.5, 0.6) is 0 Å². The van der Waals surface area contributed by atoms with Gasteiger partial charge in [0, 0.05) is 40.2 Å². The summed E-state index contributed by atoms with van der Waals surface area (Å²) in [7, 11) is 0. The normalized spacial score (nSPS) is 12.4. The van der Waals surface area contributed by atoms with Crippen LogP contribution in [0.4, 0.5) is 17.1 Å². The SMILES string of the molecule is c1ccc(N2c3ccccc3B(c3ccc4c5ccccc5n(-c5ccccn5)c4c3)c3cc(-c4ccccn4)ccc32)cc1. The van der Waals surface area contributed by atoms with Crippen LogP contribution < -0.4 is 21.3 Å². The highest BCUT2D eigenvalue weighted by Crippen LogP contribution is 2.37. The molecule has 210 valence electrons. The fourth-order valence-electron chi connectivity index (χ4n) is 7.03. The predicted octanol–water partition coefficient (Wildman–Crippen LogP) is 7.54. The van der Waals surface area contributed by atoms with Crippen LogP contribution in [0, 0.1) is 0 Å². The van der Waals surface area contributed by atoms with Crippen molar-refractivity contribution in [2.24, 2.45) is 0 Å². The molecule has 0 radical (unpaired) electrons. The number of nitrogens with zero attached hydrogens (tertiary/aromatic N) is 4. The van der Waals surface area contributed by atoms with Gasteiger partial charge in [-0.2, -0.15) is 0 Å². The van der Waals surface area contributed by atoms with E-state index in [-0.39, 0.29) is 6.71 Å². The van der Waals surface area contributed by atoms with E-state index < -0.39 is 0 Å². The number of hydrogen-bond acceptors (Lipinski definition) is 3. The quantitative estimate of drug-likeness (QED) is 0.204. The van der Waals surface area contributed by atoms with Crippen LogP contribution in [-0.4, -0.2) is 21.2 Å². The van der Waals surface area contributed by atoms with E-state index in [1.807, 2.05) is 24.5 Å². The standard InChI is InChI=1S/C40H27BN4/c1-2-12-30(13-3-1)44-37-18-7-5-15-33(37)41(34-26-28(20-23-38(34)44)35-16-8-10-24-42-35)29-21-22-32-31-14-4-6-17-36(31)45(39(32)27-29)40-19-9-11-25-43-40/h1-27H. The van der Waals surface area contributed by atoms with Gasteiger partial charge in [-0.25, -0.2) is 4.98 Å². The van der Waals surface area contributed by atoms with Crippen molar-refractivity contribution in [1.82, 2.24) is 14.5 Å². The third-order valence-electron chi connectivity index (χ3n) is 8.95. The lowest BCUT2D eigenvalue weighted by Gasteiger charge is -2.37. The Kier molecular flexibility index (Phi) is 5.88. The molecule has 0 saturated carbocycles. The van der Waals surface area contributed by atoms with Crippen molar-refractivity contribution in [3.05, 3.63) is 164 Å². The molecule has 4 nitrogen and oxygen atoms in total. The molecule has 0 unspecified atom stereocenters. The zero-order chi connectivity index (χ0) is 29.7. The summed E-state index contributed by atoms with van der Waals surface area (Å²) in [5.74, 6) is 0.915. The first-order valence-electron chi connectivity index (χ1n) is 15.3. The summed E-state index contributed by atoms with van der Waals surface area (Å²) in [4.78, 5) is 11.9. The molecule has 5 aromatic carbocycles. The van der Waals surface area contributed by atoms with Crippen molar-refractivity contribution in [2.45, 2.75) is 0 Å². The summed E-state index contributed by atoms with van der Waals surface area (Å²) in [6.07, 6.45) is 3.73. The Morgan fingerprint density at radius 1 is 0.489 bits per heavy atom. The molecule has 0 N–H and O–H groups in total. The Bertz CT molecular complexity index is 2330. The maximum Gasteiger partial charge on any atom is 0.246 e. The van der Waals surface area contributed by atoms with Crippen molar-refractivity contribution >= 4 is 62.0 Å². The van der Waals surface area contributed by atoms with Crippen molar-refractivity contribution in [1.29, 1.82) is 0 Å². The minimum Gasteiger partial charge on any atom is -0.312 e. The summed E-state index contributed by atoms with van der Waals surface area (Å²) in [6, 6.07) is 54.1. The zero-order valence-electron chi connectivity index (χ0n) is 24.5. The highest BCUT2D eigenvalue weighted by atomic mass is 15.1. The topological polar surface area (TPSA) is 34.0 Å². The van der Waals surface area contributed by atoms with E-state index in [1.54, 1.807) is 0 Å². The van der Waals surface area contributed by atoms with E-state index in [4.69, 9.17) is 9.97 Å². The summed E-state index contributed by atoms with van der Waals surface area (Å²) in [6.45, 7) is 0.0134. The van der Waals surface area contributed by atoms with Crippen LogP contribution in [0.15, 0.2) is 164 Å². The van der Waals surface area contributed by atoms with Gasteiger partial charge < -0.3 is 4.90 Å². The van der Waals surface area contributed by atoms with Crippen LogP contribution >= 0.6 is 0 Å². The van der Waals surface area contributed by atoms with E-state index in [1.165, 1.54) is 38.5 Å². The average Bonchev–Trinajstić information content (AvgIpc) is 3.45. The van der Waals surface area contributed by atoms with Crippen LogP contribution in [0.2, 0.25) is 0 Å². The van der Waals surface area contributed by atoms with Crippen molar-refractivity contribution < 1.29 is 0 Å². The maximum absolute atomic E-state index is 4.77. The van der Waals surface area contributed by atoms with E-state index in [0.29, 0.717) is 0 Å². The number of rotatable bonds is 4. The number of hydrogen-bond donors (Lipinski definition) is 0. The molecule has 0 bridgehead atoms. The Morgan fingerprint density at radius 3 is 2.07 bits per heavy atom. The average molecular weight is 574 g/mol. The molecular formula is C40H27BN4. The van der Waals surface area contributed by atoms with Crippen LogP contribution in [0.1, 0.15) is 0 Å². The number of anilines is 3. The molecule has 45 heavy (non-hydrogen) atoms. The molecule has 0 spiro atoms. The van der Waals surface area contributed by atoms with Gasteiger partial charge in [-0.3, -0.25) is 9.55 Å². The second kappa shape index (κ2) is 10.4. The molecule has 0 saturated heterocycles. The Hall–Kier alpha value is -5.94. The first-order chi connectivity index (χ1) is 22.3. The van der Waals surface area contributed by atoms with Gasteiger partial charge in [0.15, 0.2) is 0 Å². The van der Waals surface area contributed by atoms with Crippen LogP contribution in [0.25, 0.3) is 38.9 Å². The number of benzene rings is 5. The van der Waals surface area contributed by atoms with Gasteiger partial charge in [-0.05, 0) is 77.2 Å². The molecule has 0 amide bonds. The smallest absolute Gasteiger partial charge is 0.246 e. The predicted molar refractivity (Wildman–Crippen MR) is 188 cm³/mol. The van der Waals surface area contributed by atoms with E-state index in [9.17, 15) is 0 Å². The first kappa shape index (κ1) is 25.6. The lowest BCUT2D eigenvalue weighted by atomic mass is 9.35. The van der Waals surface area contributed by atoms with Gasteiger partial charge in [0.05, 0.1) is 16.7 Å². The molecule has 0 atom stereocenters. The highest BCUT2D eigenvalue weighted by Gasteiger charge is 2.35. The second-order valence-corrected chi connectivity index (χ2v) is 11.5. The largest absolute Gasteiger partial charge is 0.312 e. The third-order valence-corrected chi connectivity index (χ3v) is 8.95. The Balaban J connectivity index is 1.33. The molecule has 3 aromatic heterocycles. The number of pyridine rings is 2. The number of fused-ring (bicyclic) bond motifs is 5. The lowest BCUT2D eigenvalue weighted by molar-refractivity contribution is 1.08. The van der Waals surface area contributed by atoms with E-state index >= 15 is 0 Å². The van der Waals surface area contributed by atoms with Crippen LogP contribution in [-0.2, 0) is 0 Å². The molecule has 9 rings (SSSR count). The van der Waals surface area contributed by atoms with Gasteiger partial charge in [-0.15, -0.1) is 0 Å². The molecule has 5 heteroatoms. The minimum atomic E-state index is 0.0134. The zero-order valence-corrected chi connectivity index (χ0v) is 24.5. The molecule has 8 aromatic rings. The molecule has 0 aliphatic carbocycles. The number of para-hydroxylation sites is 3. The van der Waals surface area contributed by atoms with Crippen LogP contribution in [0.3, 0.4) is 0 Å². The van der Waals surface area contributed by atoms with Gasteiger partial charge in [0.25, 0.3) is 0 Å². The minimum absolute atomic E-state index is 0.0134. The second-order valence-electron chi connectivity index (χ2n) is 11.5. The van der Waals surface area contributed by atoms with Gasteiger partial charge in [-0.1, -0.05) is 96.5 Å². The third kappa shape index (κ3) is 4.09. The fraction of sp³-hybridized carbons (Fsp3) is 0.